The molecule has 1 aromatic carbocycles. The van der Waals surface area contributed by atoms with Gasteiger partial charge in [0.1, 0.15) is 11.0 Å². The molecule has 5 nitrogen and oxygen atoms in total. The van der Waals surface area contributed by atoms with Gasteiger partial charge in [0.25, 0.3) is 0 Å². The summed E-state index contributed by atoms with van der Waals surface area (Å²) in [4.78, 5) is 11.1. The van der Waals surface area contributed by atoms with E-state index in [1.165, 1.54) is 12.8 Å². The Morgan fingerprint density at radius 2 is 1.92 bits per heavy atom. The van der Waals surface area contributed by atoms with Gasteiger partial charge in [-0.1, -0.05) is 48.9 Å². The summed E-state index contributed by atoms with van der Waals surface area (Å²) in [6.45, 7) is 6.32. The smallest absolute Gasteiger partial charge is 0.232 e. The molecule has 0 radical (unpaired) electrons. The van der Waals surface area contributed by atoms with Gasteiger partial charge < -0.3 is 15.5 Å². The second kappa shape index (κ2) is 8.64. The largest absolute Gasteiger partial charge is 0.356 e. The van der Waals surface area contributed by atoms with Gasteiger partial charge in [-0.25, -0.2) is 4.98 Å². The van der Waals surface area contributed by atoms with Crippen molar-refractivity contribution >= 4 is 40.7 Å². The Hall–Kier alpha value is -1.92. The Labute approximate surface area is 165 Å². The molecule has 1 aliphatic rings. The normalized spacial score (nSPS) is 16.2. The lowest BCUT2D eigenvalue weighted by molar-refractivity contribution is 0.436. The molecule has 2 aromatic rings. The summed E-state index contributed by atoms with van der Waals surface area (Å²) in [5.74, 6) is 2.03. The minimum atomic E-state index is 0.0819. The molecular weight excluding hydrogens is 366 g/mol. The van der Waals surface area contributed by atoms with Gasteiger partial charge in [0.2, 0.25) is 5.95 Å². The predicted molar refractivity (Wildman–Crippen MR) is 112 cm³/mol. The first-order valence-electron chi connectivity index (χ1n) is 8.93. The van der Waals surface area contributed by atoms with E-state index in [1.54, 1.807) is 0 Å². The standard InChI is InChI=1S/C19H24ClN5S/c1-13-8-10-25(11-9-13)17-12-16(20)22-18(23-17)24-19(26)21-14(2)15-6-4-3-5-7-15/h3-7,12-14H,8-11H2,1-2H3,(H2,21,22,23,24,26). The highest BCUT2D eigenvalue weighted by Gasteiger charge is 2.18. The van der Waals surface area contributed by atoms with Gasteiger partial charge >= 0.3 is 0 Å². The van der Waals surface area contributed by atoms with Gasteiger partial charge in [-0.15, -0.1) is 0 Å². The third-order valence-corrected chi connectivity index (χ3v) is 5.08. The Morgan fingerprint density at radius 3 is 2.62 bits per heavy atom. The minimum absolute atomic E-state index is 0.0819. The van der Waals surface area contributed by atoms with Crippen molar-refractivity contribution in [2.24, 2.45) is 5.92 Å². The van der Waals surface area contributed by atoms with Crippen molar-refractivity contribution in [1.82, 2.24) is 15.3 Å². The van der Waals surface area contributed by atoms with Crippen LogP contribution in [0, 0.1) is 5.92 Å². The summed E-state index contributed by atoms with van der Waals surface area (Å²) >= 11 is 11.6. The molecule has 0 bridgehead atoms. The highest BCUT2D eigenvalue weighted by molar-refractivity contribution is 7.80. The van der Waals surface area contributed by atoms with E-state index in [0.29, 0.717) is 16.2 Å². The maximum Gasteiger partial charge on any atom is 0.232 e. The van der Waals surface area contributed by atoms with Gasteiger partial charge in [-0.05, 0) is 43.5 Å². The lowest BCUT2D eigenvalue weighted by Crippen LogP contribution is -2.34. The molecule has 2 N–H and O–H groups in total. The van der Waals surface area contributed by atoms with E-state index >= 15 is 0 Å². The topological polar surface area (TPSA) is 53.1 Å². The van der Waals surface area contributed by atoms with E-state index in [1.807, 2.05) is 24.3 Å². The van der Waals surface area contributed by atoms with Crippen LogP contribution in [0.4, 0.5) is 11.8 Å². The van der Waals surface area contributed by atoms with E-state index in [0.717, 1.165) is 30.4 Å². The van der Waals surface area contributed by atoms with E-state index in [-0.39, 0.29) is 6.04 Å². The molecule has 1 fully saturated rings. The van der Waals surface area contributed by atoms with Gasteiger partial charge in [0, 0.05) is 19.2 Å². The highest BCUT2D eigenvalue weighted by atomic mass is 35.5. The number of thiocarbonyl (C=S) groups is 1. The molecule has 3 rings (SSSR count). The van der Waals surface area contributed by atoms with Gasteiger partial charge in [-0.2, -0.15) is 4.98 Å². The fourth-order valence-electron chi connectivity index (χ4n) is 3.02. The molecule has 1 unspecified atom stereocenters. The number of benzene rings is 1. The van der Waals surface area contributed by atoms with E-state index in [4.69, 9.17) is 23.8 Å². The average molecular weight is 390 g/mol. The van der Waals surface area contributed by atoms with Gasteiger partial charge in [-0.3, -0.25) is 0 Å². The van der Waals surface area contributed by atoms with Crippen LogP contribution in [0.25, 0.3) is 0 Å². The number of piperidine rings is 1. The molecule has 0 spiro atoms. The number of nitrogens with zero attached hydrogens (tertiary/aromatic N) is 3. The molecule has 0 saturated carbocycles. The van der Waals surface area contributed by atoms with Gasteiger partial charge in [0.15, 0.2) is 5.11 Å². The predicted octanol–water partition coefficient (Wildman–Crippen LogP) is 4.41. The molecule has 138 valence electrons. The molecule has 0 aliphatic carbocycles. The summed E-state index contributed by atoms with van der Waals surface area (Å²) in [6, 6.07) is 12.0. The molecular formula is C19H24ClN5S. The lowest BCUT2D eigenvalue weighted by atomic mass is 9.99. The van der Waals surface area contributed by atoms with E-state index in [2.05, 4.69) is 51.5 Å². The summed E-state index contributed by atoms with van der Waals surface area (Å²) in [7, 11) is 0. The molecule has 1 aliphatic heterocycles. The van der Waals surface area contributed by atoms with Crippen molar-refractivity contribution in [2.75, 3.05) is 23.3 Å². The lowest BCUT2D eigenvalue weighted by Gasteiger charge is -2.31. The molecule has 0 amide bonds. The molecule has 26 heavy (non-hydrogen) atoms. The average Bonchev–Trinajstić information content (AvgIpc) is 2.62. The maximum absolute atomic E-state index is 6.20. The second-order valence-electron chi connectivity index (χ2n) is 6.77. The maximum atomic E-state index is 6.20. The molecule has 2 heterocycles. The fraction of sp³-hybridized carbons (Fsp3) is 0.421. The fourth-order valence-corrected chi connectivity index (χ4v) is 3.47. The van der Waals surface area contributed by atoms with Crippen LogP contribution in [-0.4, -0.2) is 28.2 Å². The molecule has 1 saturated heterocycles. The zero-order chi connectivity index (χ0) is 18.5. The monoisotopic (exact) mass is 389 g/mol. The highest BCUT2D eigenvalue weighted by Crippen LogP contribution is 2.24. The summed E-state index contributed by atoms with van der Waals surface area (Å²) < 4.78 is 0. The SMILES string of the molecule is CC1CCN(c2cc(Cl)nc(NC(=S)NC(C)c3ccccc3)n2)CC1. The van der Waals surface area contributed by atoms with Crippen molar-refractivity contribution in [3.8, 4) is 0 Å². The number of halogens is 1. The van der Waals surface area contributed by atoms with Crippen LogP contribution < -0.4 is 15.5 Å². The number of nitrogens with one attached hydrogen (secondary N) is 2. The first kappa shape index (κ1) is 18.9. The number of anilines is 2. The molecule has 1 atom stereocenters. The number of aromatic nitrogens is 2. The zero-order valence-corrected chi connectivity index (χ0v) is 16.6. The third kappa shape index (κ3) is 5.05. The van der Waals surface area contributed by atoms with Crippen LogP contribution in [0.3, 0.4) is 0 Å². The van der Waals surface area contributed by atoms with E-state index < -0.39 is 0 Å². The van der Waals surface area contributed by atoms with Crippen LogP contribution in [0.1, 0.15) is 38.3 Å². The number of rotatable bonds is 4. The van der Waals surface area contributed by atoms with Crippen molar-refractivity contribution < 1.29 is 0 Å². The Bertz CT molecular complexity index is 747. The Morgan fingerprint density at radius 1 is 1.23 bits per heavy atom. The molecule has 1 aromatic heterocycles. The van der Waals surface area contributed by atoms with E-state index in [9.17, 15) is 0 Å². The van der Waals surface area contributed by atoms with Gasteiger partial charge in [0.05, 0.1) is 6.04 Å². The number of hydrogen-bond donors (Lipinski definition) is 2. The van der Waals surface area contributed by atoms with Crippen LogP contribution in [0.5, 0.6) is 0 Å². The first-order chi connectivity index (χ1) is 12.5. The number of hydrogen-bond acceptors (Lipinski definition) is 4. The first-order valence-corrected chi connectivity index (χ1v) is 9.72. The van der Waals surface area contributed by atoms with Crippen LogP contribution in [0.15, 0.2) is 36.4 Å². The zero-order valence-electron chi connectivity index (χ0n) is 15.1. The summed E-state index contributed by atoms with van der Waals surface area (Å²) in [6.07, 6.45) is 2.33. The Kier molecular flexibility index (Phi) is 6.27. The van der Waals surface area contributed by atoms with Crippen LogP contribution >= 0.6 is 23.8 Å². The minimum Gasteiger partial charge on any atom is -0.356 e. The quantitative estimate of drug-likeness (QED) is 0.596. The van der Waals surface area contributed by atoms with Crippen molar-refractivity contribution in [3.63, 3.8) is 0 Å². The van der Waals surface area contributed by atoms with Crippen LogP contribution in [-0.2, 0) is 0 Å². The van der Waals surface area contributed by atoms with Crippen molar-refractivity contribution in [2.45, 2.75) is 32.7 Å². The Balaban J connectivity index is 1.64. The van der Waals surface area contributed by atoms with Crippen molar-refractivity contribution in [1.29, 1.82) is 0 Å². The summed E-state index contributed by atoms with van der Waals surface area (Å²) in [5.41, 5.74) is 1.16. The second-order valence-corrected chi connectivity index (χ2v) is 7.57. The molecule has 7 heteroatoms. The van der Waals surface area contributed by atoms with Crippen LogP contribution in [0.2, 0.25) is 5.15 Å². The third-order valence-electron chi connectivity index (χ3n) is 4.66. The van der Waals surface area contributed by atoms with Crippen molar-refractivity contribution in [3.05, 3.63) is 47.1 Å². The summed E-state index contributed by atoms with van der Waals surface area (Å²) in [5, 5.41) is 7.20.